The van der Waals surface area contributed by atoms with Crippen LogP contribution in [0.2, 0.25) is 0 Å². The molecule has 0 spiro atoms. The van der Waals surface area contributed by atoms with Gasteiger partial charge in [-0.1, -0.05) is 24.3 Å². The molecule has 1 aromatic heterocycles. The zero-order chi connectivity index (χ0) is 28.3. The van der Waals surface area contributed by atoms with E-state index in [2.05, 4.69) is 4.98 Å². The summed E-state index contributed by atoms with van der Waals surface area (Å²) in [6.45, 7) is 5.95. The van der Waals surface area contributed by atoms with Crippen LogP contribution in [0.5, 0.6) is 17.2 Å². The molecule has 39 heavy (non-hydrogen) atoms. The summed E-state index contributed by atoms with van der Waals surface area (Å²) in [5.41, 5.74) is 0.828. The van der Waals surface area contributed by atoms with Gasteiger partial charge >= 0.3 is 11.9 Å². The van der Waals surface area contributed by atoms with Crippen molar-refractivity contribution >= 4 is 39.9 Å². The van der Waals surface area contributed by atoms with E-state index >= 15 is 0 Å². The lowest BCUT2D eigenvalue weighted by molar-refractivity contribution is -0.132. The van der Waals surface area contributed by atoms with Crippen LogP contribution in [0.3, 0.4) is 0 Å². The van der Waals surface area contributed by atoms with Crippen LogP contribution in [-0.4, -0.2) is 53.2 Å². The summed E-state index contributed by atoms with van der Waals surface area (Å²) in [7, 11) is 1.37. The van der Waals surface area contributed by atoms with Gasteiger partial charge in [-0.2, -0.15) is 0 Å². The number of benzene rings is 2. The van der Waals surface area contributed by atoms with E-state index in [-0.39, 0.29) is 33.7 Å². The zero-order valence-corrected chi connectivity index (χ0v) is 22.7. The number of Topliss-reactive ketones (excluding diaryl/α,β-unsaturated/α-hetero) is 1. The first-order valence-electron chi connectivity index (χ1n) is 12.3. The summed E-state index contributed by atoms with van der Waals surface area (Å²) >= 11 is 0.907. The second kappa shape index (κ2) is 11.6. The number of rotatable bonds is 9. The number of nitrogens with zero attached hydrogens (tertiary/aromatic N) is 2. The summed E-state index contributed by atoms with van der Waals surface area (Å²) in [6, 6.07) is 9.74. The number of thiazole rings is 1. The largest absolute Gasteiger partial charge is 0.507 e. The number of anilines is 1. The molecule has 1 saturated heterocycles. The van der Waals surface area contributed by atoms with Crippen molar-refractivity contribution in [1.29, 1.82) is 0 Å². The average molecular weight is 553 g/mol. The fourth-order valence-electron chi connectivity index (χ4n) is 4.17. The number of aliphatic hydroxyl groups excluding tert-OH is 1. The molecule has 0 saturated carbocycles. The third-order valence-electron chi connectivity index (χ3n) is 6.02. The Kier molecular flexibility index (Phi) is 8.20. The number of ether oxygens (including phenoxy) is 3. The first-order valence-corrected chi connectivity index (χ1v) is 13.1. The third-order valence-corrected chi connectivity index (χ3v) is 7.15. The molecule has 11 heteroatoms. The van der Waals surface area contributed by atoms with Gasteiger partial charge in [-0.3, -0.25) is 14.5 Å². The first kappa shape index (κ1) is 27.6. The van der Waals surface area contributed by atoms with Crippen LogP contribution >= 0.6 is 11.3 Å². The van der Waals surface area contributed by atoms with E-state index in [9.17, 15) is 24.6 Å². The van der Waals surface area contributed by atoms with Gasteiger partial charge in [0.15, 0.2) is 16.6 Å². The van der Waals surface area contributed by atoms with E-state index in [1.807, 2.05) is 6.92 Å². The van der Waals surface area contributed by atoms with Crippen molar-refractivity contribution in [2.24, 2.45) is 0 Å². The van der Waals surface area contributed by atoms with Crippen molar-refractivity contribution in [3.05, 3.63) is 69.7 Å². The van der Waals surface area contributed by atoms with E-state index < -0.39 is 29.5 Å². The number of ketones is 1. The molecular formula is C28H28N2O8S. The lowest BCUT2D eigenvalue weighted by Crippen LogP contribution is -2.29. The van der Waals surface area contributed by atoms with Gasteiger partial charge in [0.25, 0.3) is 5.78 Å². The summed E-state index contributed by atoms with van der Waals surface area (Å²) in [4.78, 5) is 45.0. The molecule has 2 N–H and O–H groups in total. The number of hydrogen-bond acceptors (Lipinski definition) is 10. The summed E-state index contributed by atoms with van der Waals surface area (Å²) in [6.07, 6.45) is 0.829. The molecular weight excluding hydrogens is 524 g/mol. The van der Waals surface area contributed by atoms with Gasteiger partial charge < -0.3 is 24.4 Å². The van der Waals surface area contributed by atoms with Gasteiger partial charge in [-0.05, 0) is 62.2 Å². The number of hydrogen-bond donors (Lipinski definition) is 2. The van der Waals surface area contributed by atoms with Gasteiger partial charge in [0, 0.05) is 5.56 Å². The number of aromatic nitrogens is 1. The van der Waals surface area contributed by atoms with Crippen LogP contribution in [-0.2, 0) is 14.3 Å². The number of carbonyl (C=O) groups is 3. The minimum Gasteiger partial charge on any atom is -0.507 e. The second-order valence-corrected chi connectivity index (χ2v) is 9.58. The van der Waals surface area contributed by atoms with Crippen molar-refractivity contribution in [2.45, 2.75) is 33.2 Å². The number of amides is 1. The smallest absolute Gasteiger partial charge is 0.350 e. The molecule has 4 rings (SSSR count). The fraction of sp³-hybridized carbons (Fsp3) is 0.286. The molecule has 1 aliphatic rings. The Hall–Kier alpha value is -4.38. The van der Waals surface area contributed by atoms with Crippen LogP contribution < -0.4 is 14.4 Å². The van der Waals surface area contributed by atoms with Crippen LogP contribution in [0.1, 0.15) is 52.8 Å². The number of methoxy groups -OCH3 is 1. The molecule has 3 aromatic rings. The van der Waals surface area contributed by atoms with Crippen molar-refractivity contribution in [3.63, 3.8) is 0 Å². The molecule has 2 aromatic carbocycles. The fourth-order valence-corrected chi connectivity index (χ4v) is 5.15. The van der Waals surface area contributed by atoms with Crippen molar-refractivity contribution < 1.29 is 38.8 Å². The molecule has 1 atom stereocenters. The number of esters is 1. The number of aromatic hydroxyl groups is 1. The SMILES string of the molecule is CCCOc1ccc(/C(O)=C2\C(=O)C(=O)N(c3nc(C)c(C(=O)OCC)s3)C2c2ccc(O)c(OC)c2)cc1. The Bertz CT molecular complexity index is 1440. The lowest BCUT2D eigenvalue weighted by atomic mass is 9.95. The molecule has 0 bridgehead atoms. The minimum absolute atomic E-state index is 0.0806. The van der Waals surface area contributed by atoms with Gasteiger partial charge in [-0.25, -0.2) is 9.78 Å². The molecule has 1 fully saturated rings. The highest BCUT2D eigenvalue weighted by Gasteiger charge is 2.48. The zero-order valence-electron chi connectivity index (χ0n) is 21.9. The predicted octanol–water partition coefficient (Wildman–Crippen LogP) is 4.76. The molecule has 2 heterocycles. The van der Waals surface area contributed by atoms with Crippen LogP contribution in [0.15, 0.2) is 48.0 Å². The summed E-state index contributed by atoms with van der Waals surface area (Å²) in [5, 5.41) is 21.6. The van der Waals surface area contributed by atoms with E-state index in [1.165, 1.54) is 25.3 Å². The summed E-state index contributed by atoms with van der Waals surface area (Å²) in [5.74, 6) is -2.29. The maximum absolute atomic E-state index is 13.4. The number of phenolic OH excluding ortho intramolecular Hbond substituents is 1. The Morgan fingerprint density at radius 2 is 1.85 bits per heavy atom. The number of aliphatic hydroxyl groups is 1. The predicted molar refractivity (Wildman–Crippen MR) is 144 cm³/mol. The van der Waals surface area contributed by atoms with Crippen LogP contribution in [0.25, 0.3) is 5.76 Å². The summed E-state index contributed by atoms with van der Waals surface area (Å²) < 4.78 is 15.9. The van der Waals surface area contributed by atoms with E-state index in [0.29, 0.717) is 29.2 Å². The van der Waals surface area contributed by atoms with Gasteiger partial charge in [0.1, 0.15) is 16.4 Å². The van der Waals surface area contributed by atoms with Gasteiger partial charge in [0.05, 0.1) is 37.6 Å². The molecule has 204 valence electrons. The quantitative estimate of drug-likeness (QED) is 0.167. The first-order chi connectivity index (χ1) is 18.7. The van der Waals surface area contributed by atoms with Crippen molar-refractivity contribution in [3.8, 4) is 17.2 Å². The van der Waals surface area contributed by atoms with Crippen LogP contribution in [0, 0.1) is 6.92 Å². The Labute approximate surface area is 229 Å². The molecule has 1 amide bonds. The lowest BCUT2D eigenvalue weighted by Gasteiger charge is -2.23. The molecule has 1 unspecified atom stereocenters. The Morgan fingerprint density at radius 1 is 1.13 bits per heavy atom. The number of aryl methyl sites for hydroxylation is 1. The van der Waals surface area contributed by atoms with E-state index in [1.54, 1.807) is 38.1 Å². The minimum atomic E-state index is -1.13. The average Bonchev–Trinajstić information content (AvgIpc) is 3.44. The van der Waals surface area contributed by atoms with Crippen molar-refractivity contribution in [1.82, 2.24) is 4.98 Å². The Balaban J connectivity index is 1.88. The molecule has 10 nitrogen and oxygen atoms in total. The highest BCUT2D eigenvalue weighted by molar-refractivity contribution is 7.17. The molecule has 0 radical (unpaired) electrons. The standard InChI is InChI=1S/C28H28N2O8S/c1-5-13-38-18-10-7-16(8-11-18)23(32)21-22(17-9-12-19(31)20(14-17)36-4)30(26(34)24(21)33)28-29-15(3)25(39-28)27(35)37-6-2/h7-12,14,22,31-32H,5-6,13H2,1-4H3/b23-21+. The molecule has 1 aliphatic heterocycles. The maximum Gasteiger partial charge on any atom is 0.350 e. The van der Waals surface area contributed by atoms with Crippen molar-refractivity contribution in [2.75, 3.05) is 25.2 Å². The van der Waals surface area contributed by atoms with E-state index in [0.717, 1.165) is 22.7 Å². The highest BCUT2D eigenvalue weighted by atomic mass is 32.1. The third kappa shape index (κ3) is 5.30. The normalized spacial score (nSPS) is 16.4. The van der Waals surface area contributed by atoms with Gasteiger partial charge in [0.2, 0.25) is 0 Å². The van der Waals surface area contributed by atoms with E-state index in [4.69, 9.17) is 14.2 Å². The molecule has 0 aliphatic carbocycles. The highest BCUT2D eigenvalue weighted by Crippen LogP contribution is 2.45. The number of carbonyl (C=O) groups excluding carboxylic acids is 3. The maximum atomic E-state index is 13.4. The van der Waals surface area contributed by atoms with Crippen LogP contribution in [0.4, 0.5) is 5.13 Å². The monoisotopic (exact) mass is 552 g/mol. The second-order valence-electron chi connectivity index (χ2n) is 8.60. The topological polar surface area (TPSA) is 135 Å². The number of phenols is 1. The van der Waals surface area contributed by atoms with Gasteiger partial charge in [-0.15, -0.1) is 0 Å². The Morgan fingerprint density at radius 3 is 2.49 bits per heavy atom.